The van der Waals surface area contributed by atoms with Crippen molar-refractivity contribution >= 4 is 23.0 Å². The summed E-state index contributed by atoms with van der Waals surface area (Å²) in [6.07, 6.45) is 4.03. The van der Waals surface area contributed by atoms with Crippen molar-refractivity contribution in [2.24, 2.45) is 5.92 Å². The summed E-state index contributed by atoms with van der Waals surface area (Å²) < 4.78 is 5.80. The standard InChI is InChI=1S/C13H17ClN2O/c14-10-7-9(15)3-4-11(10)16-12-5-6-17-13(12)8-1-2-8/h3-4,7-8,12-13,16H,1-2,5-6,15H2. The lowest BCUT2D eigenvalue weighted by atomic mass is 10.1. The highest BCUT2D eigenvalue weighted by Gasteiger charge is 2.40. The number of rotatable bonds is 3. The lowest BCUT2D eigenvalue weighted by Gasteiger charge is -2.21. The Morgan fingerprint density at radius 3 is 2.82 bits per heavy atom. The molecule has 0 bridgehead atoms. The molecule has 0 amide bonds. The van der Waals surface area contributed by atoms with Crippen molar-refractivity contribution in [2.75, 3.05) is 17.7 Å². The number of benzene rings is 1. The van der Waals surface area contributed by atoms with Crippen LogP contribution in [0.5, 0.6) is 0 Å². The Hall–Kier alpha value is -0.930. The van der Waals surface area contributed by atoms with E-state index in [1.165, 1.54) is 12.8 Å². The summed E-state index contributed by atoms with van der Waals surface area (Å²) in [7, 11) is 0. The van der Waals surface area contributed by atoms with Crippen LogP contribution in [-0.4, -0.2) is 18.8 Å². The molecule has 1 saturated carbocycles. The van der Waals surface area contributed by atoms with Crippen molar-refractivity contribution in [3.8, 4) is 0 Å². The minimum absolute atomic E-state index is 0.364. The first-order valence-corrected chi connectivity index (χ1v) is 6.55. The summed E-state index contributed by atoms with van der Waals surface area (Å²) in [5.41, 5.74) is 7.34. The quantitative estimate of drug-likeness (QED) is 0.814. The minimum Gasteiger partial charge on any atom is -0.399 e. The molecule has 3 nitrogen and oxygen atoms in total. The van der Waals surface area contributed by atoms with Crippen molar-refractivity contribution in [1.29, 1.82) is 0 Å². The van der Waals surface area contributed by atoms with Crippen LogP contribution in [0.15, 0.2) is 18.2 Å². The van der Waals surface area contributed by atoms with E-state index in [4.69, 9.17) is 22.1 Å². The molecular formula is C13H17ClN2O. The fourth-order valence-corrected chi connectivity index (χ4v) is 2.75. The summed E-state index contributed by atoms with van der Waals surface area (Å²) in [6.45, 7) is 0.853. The number of nitrogens with one attached hydrogen (secondary N) is 1. The first-order valence-electron chi connectivity index (χ1n) is 6.17. The van der Waals surface area contributed by atoms with Crippen LogP contribution >= 0.6 is 11.6 Å². The summed E-state index contributed by atoms with van der Waals surface area (Å²) in [4.78, 5) is 0. The van der Waals surface area contributed by atoms with Gasteiger partial charge in [-0.2, -0.15) is 0 Å². The van der Waals surface area contributed by atoms with Gasteiger partial charge in [0.2, 0.25) is 0 Å². The summed E-state index contributed by atoms with van der Waals surface area (Å²) >= 11 is 6.17. The molecule has 1 aliphatic heterocycles. The maximum Gasteiger partial charge on any atom is 0.0804 e. The summed E-state index contributed by atoms with van der Waals surface area (Å²) in [5, 5.41) is 4.18. The molecule has 4 heteroatoms. The SMILES string of the molecule is Nc1ccc(NC2CCOC2C2CC2)c(Cl)c1. The van der Waals surface area contributed by atoms with Gasteiger partial charge >= 0.3 is 0 Å². The zero-order valence-corrected chi connectivity index (χ0v) is 10.4. The zero-order chi connectivity index (χ0) is 11.8. The Morgan fingerprint density at radius 1 is 1.29 bits per heavy atom. The summed E-state index contributed by atoms with van der Waals surface area (Å²) in [6, 6.07) is 5.99. The van der Waals surface area contributed by atoms with Crippen molar-refractivity contribution in [2.45, 2.75) is 31.4 Å². The van der Waals surface area contributed by atoms with Gasteiger partial charge in [0, 0.05) is 12.3 Å². The molecule has 3 N–H and O–H groups in total. The molecule has 2 unspecified atom stereocenters. The Morgan fingerprint density at radius 2 is 2.12 bits per heavy atom. The molecule has 1 saturated heterocycles. The van der Waals surface area contributed by atoms with Crippen LogP contribution in [0.2, 0.25) is 5.02 Å². The molecule has 3 rings (SSSR count). The molecule has 1 aliphatic carbocycles. The maximum atomic E-state index is 6.17. The topological polar surface area (TPSA) is 47.3 Å². The molecule has 0 aromatic heterocycles. The van der Waals surface area contributed by atoms with Gasteiger partial charge in [0.15, 0.2) is 0 Å². The molecular weight excluding hydrogens is 236 g/mol. The van der Waals surface area contributed by atoms with Crippen molar-refractivity contribution < 1.29 is 4.74 Å². The van der Waals surface area contributed by atoms with Crippen LogP contribution in [0.3, 0.4) is 0 Å². The van der Waals surface area contributed by atoms with Crippen LogP contribution in [0.25, 0.3) is 0 Å². The number of nitrogens with two attached hydrogens (primary N) is 1. The van der Waals surface area contributed by atoms with E-state index in [9.17, 15) is 0 Å². The Balaban J connectivity index is 1.72. The van der Waals surface area contributed by atoms with E-state index in [2.05, 4.69) is 5.32 Å². The largest absolute Gasteiger partial charge is 0.399 e. The van der Waals surface area contributed by atoms with E-state index in [1.807, 2.05) is 12.1 Å². The second-order valence-electron chi connectivity index (χ2n) is 4.95. The van der Waals surface area contributed by atoms with Gasteiger partial charge in [0.05, 0.1) is 22.9 Å². The zero-order valence-electron chi connectivity index (χ0n) is 9.66. The lowest BCUT2D eigenvalue weighted by Crippen LogP contribution is -2.31. The van der Waals surface area contributed by atoms with Crippen LogP contribution in [0.1, 0.15) is 19.3 Å². The molecule has 0 spiro atoms. The Kier molecular flexibility index (Phi) is 2.89. The Bertz CT molecular complexity index is 420. The van der Waals surface area contributed by atoms with E-state index in [1.54, 1.807) is 6.07 Å². The third-order valence-electron chi connectivity index (χ3n) is 3.56. The molecule has 1 heterocycles. The maximum absolute atomic E-state index is 6.17. The van der Waals surface area contributed by atoms with Gasteiger partial charge in [0.25, 0.3) is 0 Å². The molecule has 2 fully saturated rings. The van der Waals surface area contributed by atoms with Gasteiger partial charge in [-0.25, -0.2) is 0 Å². The molecule has 92 valence electrons. The number of halogens is 1. The first-order chi connectivity index (χ1) is 8.24. The number of ether oxygens (including phenoxy) is 1. The monoisotopic (exact) mass is 252 g/mol. The van der Waals surface area contributed by atoms with E-state index >= 15 is 0 Å². The van der Waals surface area contributed by atoms with Crippen molar-refractivity contribution in [1.82, 2.24) is 0 Å². The second kappa shape index (κ2) is 4.39. The van der Waals surface area contributed by atoms with Gasteiger partial charge in [-0.3, -0.25) is 0 Å². The van der Waals surface area contributed by atoms with Gasteiger partial charge in [-0.15, -0.1) is 0 Å². The highest BCUT2D eigenvalue weighted by atomic mass is 35.5. The average molecular weight is 253 g/mol. The van der Waals surface area contributed by atoms with Gasteiger partial charge in [-0.05, 0) is 43.4 Å². The highest BCUT2D eigenvalue weighted by molar-refractivity contribution is 6.33. The summed E-state index contributed by atoms with van der Waals surface area (Å²) in [5.74, 6) is 0.752. The van der Waals surface area contributed by atoms with Crippen LogP contribution < -0.4 is 11.1 Å². The minimum atomic E-state index is 0.364. The molecule has 1 aromatic carbocycles. The number of nitrogen functional groups attached to an aromatic ring is 1. The van der Waals surface area contributed by atoms with Gasteiger partial charge in [0.1, 0.15) is 0 Å². The predicted octanol–water partition coefficient (Wildman–Crippen LogP) is 2.90. The average Bonchev–Trinajstić information content (AvgIpc) is 3.03. The smallest absolute Gasteiger partial charge is 0.0804 e. The lowest BCUT2D eigenvalue weighted by molar-refractivity contribution is 0.0898. The third kappa shape index (κ3) is 2.35. The molecule has 2 aliphatic rings. The van der Waals surface area contributed by atoms with Gasteiger partial charge in [-0.1, -0.05) is 11.6 Å². The second-order valence-corrected chi connectivity index (χ2v) is 5.36. The third-order valence-corrected chi connectivity index (χ3v) is 3.87. The number of hydrogen-bond acceptors (Lipinski definition) is 3. The number of anilines is 2. The fraction of sp³-hybridized carbons (Fsp3) is 0.538. The predicted molar refractivity (Wildman–Crippen MR) is 70.4 cm³/mol. The molecule has 0 radical (unpaired) electrons. The molecule has 2 atom stereocenters. The van der Waals surface area contributed by atoms with Crippen LogP contribution in [0, 0.1) is 5.92 Å². The molecule has 1 aromatic rings. The molecule has 17 heavy (non-hydrogen) atoms. The normalized spacial score (nSPS) is 28.3. The van der Waals surface area contributed by atoms with E-state index < -0.39 is 0 Å². The van der Waals surface area contributed by atoms with E-state index in [-0.39, 0.29) is 0 Å². The highest BCUT2D eigenvalue weighted by Crippen LogP contribution is 2.40. The Labute approximate surface area is 106 Å². The van der Waals surface area contributed by atoms with Crippen molar-refractivity contribution in [3.63, 3.8) is 0 Å². The first kappa shape index (κ1) is 11.2. The van der Waals surface area contributed by atoms with E-state index in [0.29, 0.717) is 22.9 Å². The van der Waals surface area contributed by atoms with Crippen molar-refractivity contribution in [3.05, 3.63) is 23.2 Å². The fourth-order valence-electron chi connectivity index (χ4n) is 2.50. The van der Waals surface area contributed by atoms with Crippen LogP contribution in [0.4, 0.5) is 11.4 Å². The van der Waals surface area contributed by atoms with Crippen LogP contribution in [-0.2, 0) is 4.74 Å². The van der Waals surface area contributed by atoms with Gasteiger partial charge < -0.3 is 15.8 Å². The van der Waals surface area contributed by atoms with E-state index in [0.717, 1.165) is 24.6 Å². The number of hydrogen-bond donors (Lipinski definition) is 2.